The Labute approximate surface area is 367 Å². The summed E-state index contributed by atoms with van der Waals surface area (Å²) in [5.74, 6) is 2.34. The van der Waals surface area contributed by atoms with Gasteiger partial charge in [-0.15, -0.1) is 0 Å². The summed E-state index contributed by atoms with van der Waals surface area (Å²) in [6.45, 7) is 10.2. The summed E-state index contributed by atoms with van der Waals surface area (Å²) in [6, 6.07) is 31.8. The molecule has 3 aromatic rings. The van der Waals surface area contributed by atoms with E-state index in [0.29, 0.717) is 81.6 Å². The van der Waals surface area contributed by atoms with Crippen LogP contribution in [0.4, 0.5) is 0 Å². The Morgan fingerprint density at radius 1 is 0.661 bits per heavy atom. The van der Waals surface area contributed by atoms with E-state index in [2.05, 4.69) is 142 Å². The lowest BCUT2D eigenvalue weighted by atomic mass is 9.43. The van der Waals surface area contributed by atoms with Gasteiger partial charge in [0.25, 0.3) is 0 Å². The first kappa shape index (κ1) is 45.5. The highest BCUT2D eigenvalue weighted by molar-refractivity contribution is 5.47. The molecule has 0 spiro atoms. The fourth-order valence-corrected chi connectivity index (χ4v) is 13.1. The normalized spacial score (nSPS) is 30.6. The molecule has 62 heavy (non-hydrogen) atoms. The summed E-state index contributed by atoms with van der Waals surface area (Å²) in [6.07, 6.45) is 9.18. The van der Waals surface area contributed by atoms with Crippen molar-refractivity contribution in [2.24, 2.45) is 61.7 Å². The summed E-state index contributed by atoms with van der Waals surface area (Å²) in [7, 11) is 0. The minimum Gasteiger partial charge on any atom is -0.378 e. The first-order chi connectivity index (χ1) is 30.3. The molecule has 4 saturated carbocycles. The second kappa shape index (κ2) is 21.2. The number of hydrogen-bond donors (Lipinski definition) is 0. The van der Waals surface area contributed by atoms with E-state index >= 15 is 0 Å². The topological polar surface area (TPSA) is 183 Å². The van der Waals surface area contributed by atoms with Crippen molar-refractivity contribution in [3.8, 4) is 0 Å². The SMILES string of the molecule is C[C@H](CCCOC(c1ccccc1)(c1ccccc1)c1ccccc1)[C@H]1CC[C@H]2[C@@H]3[C@H](OCCN=[N+]=[N-])C[C@@H]4C[C@H](OCCN=[N+]=[N-])CC[C@]4(C)[C@H]3C[C@H](OCCN=[N+]=[N-])[C@]12C. The number of fused-ring (bicyclic) bond motifs is 5. The number of azide groups is 3. The van der Waals surface area contributed by atoms with Crippen molar-refractivity contribution in [3.05, 3.63) is 139 Å². The van der Waals surface area contributed by atoms with E-state index in [1.165, 1.54) is 0 Å². The summed E-state index contributed by atoms with van der Waals surface area (Å²) >= 11 is 0. The summed E-state index contributed by atoms with van der Waals surface area (Å²) < 4.78 is 27.3. The lowest BCUT2D eigenvalue weighted by Crippen LogP contribution is -2.63. The van der Waals surface area contributed by atoms with Gasteiger partial charge in [0.15, 0.2) is 0 Å². The van der Waals surface area contributed by atoms with Crippen LogP contribution in [0, 0.1) is 46.3 Å². The van der Waals surface area contributed by atoms with Crippen LogP contribution in [0.15, 0.2) is 106 Å². The van der Waals surface area contributed by atoms with Crippen molar-refractivity contribution >= 4 is 0 Å². The van der Waals surface area contributed by atoms with E-state index in [1.54, 1.807) is 0 Å². The van der Waals surface area contributed by atoms with Crippen LogP contribution >= 0.6 is 0 Å². The van der Waals surface area contributed by atoms with Crippen molar-refractivity contribution in [1.29, 1.82) is 0 Å². The number of benzene rings is 3. The van der Waals surface area contributed by atoms with Crippen LogP contribution in [-0.4, -0.2) is 64.4 Å². The Kier molecular flexibility index (Phi) is 15.5. The number of rotatable bonds is 21. The highest BCUT2D eigenvalue weighted by Gasteiger charge is 2.66. The van der Waals surface area contributed by atoms with E-state index in [1.807, 2.05) is 0 Å². The molecule has 11 atom stereocenters. The molecule has 13 nitrogen and oxygen atoms in total. The Hall–Kier alpha value is -4.57. The molecule has 0 saturated heterocycles. The third-order valence-corrected chi connectivity index (χ3v) is 15.9. The van der Waals surface area contributed by atoms with E-state index in [4.69, 9.17) is 35.5 Å². The molecule has 0 amide bonds. The molecule has 0 unspecified atom stereocenters. The second-order valence-electron chi connectivity index (χ2n) is 18.7. The van der Waals surface area contributed by atoms with Gasteiger partial charge in [-0.05, 0) is 132 Å². The lowest BCUT2D eigenvalue weighted by Gasteiger charge is -2.64. The number of ether oxygens (including phenoxy) is 4. The van der Waals surface area contributed by atoms with Crippen molar-refractivity contribution in [2.45, 2.75) is 102 Å². The maximum Gasteiger partial charge on any atom is 0.143 e. The highest BCUT2D eigenvalue weighted by Crippen LogP contribution is 2.69. The van der Waals surface area contributed by atoms with Gasteiger partial charge in [-0.25, -0.2) is 0 Å². The quantitative estimate of drug-likeness (QED) is 0.0340. The standard InChI is InChI=1S/C49H65N9O4/c1-35(14-13-28-62-49(36-15-7-4-8-16-36,37-17-9-5-10-18-37)38-19-11-6-12-20-38)41-21-22-42-46-43(34-45(48(41,42)3)61-31-27-55-58-52)47(2)24-23-40(59-29-25-53-56-50)32-39(47)33-44(46)60-30-26-54-57-51/h4-12,15-20,35,39-46H,13-14,21-34H2,1-3H3/t35-,39+,40-,41-,42+,43+,44-,45+,46+,47+,48-/m1/s1. The molecule has 4 aliphatic rings. The summed E-state index contributed by atoms with van der Waals surface area (Å²) in [5, 5.41) is 11.4. The molecule has 4 aliphatic carbocycles. The van der Waals surface area contributed by atoms with Crippen molar-refractivity contribution in [3.63, 3.8) is 0 Å². The van der Waals surface area contributed by atoms with Crippen LogP contribution in [0.2, 0.25) is 0 Å². The first-order valence-electron chi connectivity index (χ1n) is 23.0. The van der Waals surface area contributed by atoms with Gasteiger partial charge in [0, 0.05) is 46.4 Å². The van der Waals surface area contributed by atoms with Gasteiger partial charge in [0.2, 0.25) is 0 Å². The third-order valence-electron chi connectivity index (χ3n) is 15.9. The maximum atomic E-state index is 9.14. The first-order valence-corrected chi connectivity index (χ1v) is 23.0. The molecule has 0 radical (unpaired) electrons. The molecule has 0 N–H and O–H groups in total. The number of hydrogen-bond acceptors (Lipinski definition) is 7. The van der Waals surface area contributed by atoms with Crippen LogP contribution in [0.25, 0.3) is 31.3 Å². The largest absolute Gasteiger partial charge is 0.378 e. The van der Waals surface area contributed by atoms with E-state index in [0.717, 1.165) is 74.5 Å². The second-order valence-corrected chi connectivity index (χ2v) is 18.7. The summed E-state index contributed by atoms with van der Waals surface area (Å²) in [5.41, 5.74) is 29.5. The van der Waals surface area contributed by atoms with Gasteiger partial charge < -0.3 is 18.9 Å². The monoisotopic (exact) mass is 844 g/mol. The third kappa shape index (κ3) is 9.36. The van der Waals surface area contributed by atoms with E-state index in [-0.39, 0.29) is 29.1 Å². The van der Waals surface area contributed by atoms with E-state index < -0.39 is 5.60 Å². The predicted octanol–water partition coefficient (Wildman–Crippen LogP) is 12.4. The molecule has 0 heterocycles. The fraction of sp³-hybridized carbons (Fsp3) is 0.633. The zero-order valence-corrected chi connectivity index (χ0v) is 36.8. The average Bonchev–Trinajstić information content (AvgIpc) is 3.67. The van der Waals surface area contributed by atoms with Crippen molar-refractivity contribution < 1.29 is 18.9 Å². The minimum atomic E-state index is -0.750. The molecule has 7 rings (SSSR count). The van der Waals surface area contributed by atoms with Gasteiger partial charge in [-0.1, -0.05) is 127 Å². The zero-order valence-electron chi connectivity index (χ0n) is 36.8. The lowest BCUT2D eigenvalue weighted by molar-refractivity contribution is -0.226. The Morgan fingerprint density at radius 3 is 1.77 bits per heavy atom. The average molecular weight is 844 g/mol. The molecular formula is C49H65N9O4. The number of nitrogens with zero attached hydrogens (tertiary/aromatic N) is 9. The maximum absolute atomic E-state index is 9.14. The minimum absolute atomic E-state index is 0.00738. The van der Waals surface area contributed by atoms with Crippen LogP contribution in [-0.2, 0) is 24.5 Å². The highest BCUT2D eigenvalue weighted by atomic mass is 16.5. The molecule has 0 bridgehead atoms. The van der Waals surface area contributed by atoms with E-state index in [9.17, 15) is 0 Å². The van der Waals surface area contributed by atoms with Gasteiger partial charge >= 0.3 is 0 Å². The summed E-state index contributed by atoms with van der Waals surface area (Å²) in [4.78, 5) is 8.93. The van der Waals surface area contributed by atoms with Crippen LogP contribution in [0.3, 0.4) is 0 Å². The Balaban J connectivity index is 1.13. The predicted molar refractivity (Wildman–Crippen MR) is 241 cm³/mol. The van der Waals surface area contributed by atoms with Crippen LogP contribution in [0.5, 0.6) is 0 Å². The van der Waals surface area contributed by atoms with Gasteiger partial charge in [-0.2, -0.15) is 0 Å². The molecule has 330 valence electrons. The molecule has 0 aliphatic heterocycles. The molecule has 0 aromatic heterocycles. The van der Waals surface area contributed by atoms with Crippen molar-refractivity contribution in [1.82, 2.24) is 0 Å². The van der Waals surface area contributed by atoms with Crippen LogP contribution < -0.4 is 0 Å². The van der Waals surface area contributed by atoms with Crippen LogP contribution in [0.1, 0.15) is 95.2 Å². The Bertz CT molecular complexity index is 1930. The van der Waals surface area contributed by atoms with Gasteiger partial charge in [0.1, 0.15) is 5.60 Å². The Morgan fingerprint density at radius 2 is 1.21 bits per heavy atom. The molecule has 4 fully saturated rings. The zero-order chi connectivity index (χ0) is 43.4. The molecule has 13 heteroatoms. The smallest absolute Gasteiger partial charge is 0.143 e. The van der Waals surface area contributed by atoms with Gasteiger partial charge in [0.05, 0.1) is 38.1 Å². The molecule has 3 aromatic carbocycles. The van der Waals surface area contributed by atoms with Gasteiger partial charge in [-0.3, -0.25) is 0 Å². The van der Waals surface area contributed by atoms with Crippen molar-refractivity contribution in [2.75, 3.05) is 46.1 Å². The molecular weight excluding hydrogens is 779 g/mol. The fourth-order valence-electron chi connectivity index (χ4n) is 13.1.